The third-order valence-electron chi connectivity index (χ3n) is 3.35. The average Bonchev–Trinajstić information content (AvgIpc) is 2.35. The first-order valence-electron chi connectivity index (χ1n) is 6.42. The molecule has 1 aliphatic rings. The number of nitrogens with two attached hydrogens (primary N) is 1. The van der Waals surface area contributed by atoms with Crippen LogP contribution < -0.4 is 21.3 Å². The average molecular weight is 261 g/mol. The molecule has 3 N–H and O–H groups in total. The van der Waals surface area contributed by atoms with Crippen molar-refractivity contribution in [1.29, 1.82) is 0 Å². The van der Waals surface area contributed by atoms with Gasteiger partial charge in [-0.3, -0.25) is 0 Å². The second-order valence-corrected chi connectivity index (χ2v) is 5.48. The molecule has 102 valence electrons. The van der Waals surface area contributed by atoms with Gasteiger partial charge in [-0.2, -0.15) is 4.98 Å². The molecule has 1 unspecified atom stereocenters. The lowest BCUT2D eigenvalue weighted by molar-refractivity contribution is -0.0563. The predicted octanol–water partition coefficient (Wildman–Crippen LogP) is 0.836. The van der Waals surface area contributed by atoms with E-state index >= 15 is 0 Å². The molecule has 1 aromatic heterocycles. The Kier molecular flexibility index (Phi) is 3.89. The summed E-state index contributed by atoms with van der Waals surface area (Å²) in [5.74, 6) is 0.980. The van der Waals surface area contributed by atoms with Crippen molar-refractivity contribution in [3.8, 4) is 5.88 Å². The molecule has 0 spiro atoms. The number of rotatable bonds is 3. The van der Waals surface area contributed by atoms with Crippen LogP contribution in [0.25, 0.3) is 0 Å². The number of nitrogen functional groups attached to an aromatic ring is 1. The second-order valence-electron chi connectivity index (χ2n) is 5.48. The summed E-state index contributed by atoms with van der Waals surface area (Å²) in [7, 11) is 7.28. The zero-order valence-electron chi connectivity index (χ0n) is 11.7. The van der Waals surface area contributed by atoms with Crippen LogP contribution in [0.4, 0.5) is 11.5 Å². The van der Waals surface area contributed by atoms with E-state index in [1.807, 2.05) is 0 Å². The van der Waals surface area contributed by atoms with Crippen LogP contribution in [-0.2, 0) is 4.74 Å². The van der Waals surface area contributed by atoms with Gasteiger partial charge in [0.1, 0.15) is 7.85 Å². The van der Waals surface area contributed by atoms with Crippen LogP contribution in [0, 0.1) is 0 Å². The van der Waals surface area contributed by atoms with Gasteiger partial charge < -0.3 is 20.5 Å². The van der Waals surface area contributed by atoms with Gasteiger partial charge in [-0.1, -0.05) is 0 Å². The minimum absolute atomic E-state index is 0.0457. The van der Waals surface area contributed by atoms with Gasteiger partial charge in [0.15, 0.2) is 5.82 Å². The molecule has 1 saturated heterocycles. The van der Waals surface area contributed by atoms with Crippen molar-refractivity contribution in [2.24, 2.45) is 0 Å². The highest BCUT2D eigenvalue weighted by Gasteiger charge is 2.28. The summed E-state index contributed by atoms with van der Waals surface area (Å²) in [6.45, 7) is 4.84. The molecule has 5 nitrogen and oxygen atoms in total. The number of nitrogens with zero attached hydrogens (tertiary/aromatic N) is 1. The molecular formula is C13H20BN3O2. The van der Waals surface area contributed by atoms with Gasteiger partial charge in [0.25, 0.3) is 0 Å². The highest BCUT2D eigenvalue weighted by atomic mass is 16.5. The number of aromatic nitrogens is 1. The third-order valence-corrected chi connectivity index (χ3v) is 3.35. The van der Waals surface area contributed by atoms with Crippen molar-refractivity contribution in [2.75, 3.05) is 24.8 Å². The fourth-order valence-electron chi connectivity index (χ4n) is 2.12. The van der Waals surface area contributed by atoms with Gasteiger partial charge in [-0.05, 0) is 38.2 Å². The quantitative estimate of drug-likeness (QED) is 0.789. The van der Waals surface area contributed by atoms with Crippen LogP contribution in [0.3, 0.4) is 0 Å². The molecule has 0 saturated carbocycles. The van der Waals surface area contributed by atoms with Crippen LogP contribution in [0.15, 0.2) is 6.07 Å². The third kappa shape index (κ3) is 3.32. The van der Waals surface area contributed by atoms with E-state index in [2.05, 4.69) is 24.1 Å². The maximum absolute atomic E-state index is 5.91. The summed E-state index contributed by atoms with van der Waals surface area (Å²) in [6.07, 6.45) is 2.01. The van der Waals surface area contributed by atoms with E-state index in [-0.39, 0.29) is 11.6 Å². The van der Waals surface area contributed by atoms with Crippen molar-refractivity contribution in [3.63, 3.8) is 0 Å². The highest BCUT2D eigenvalue weighted by molar-refractivity contribution is 6.34. The van der Waals surface area contributed by atoms with Gasteiger partial charge >= 0.3 is 0 Å². The van der Waals surface area contributed by atoms with Gasteiger partial charge in [-0.15, -0.1) is 0 Å². The van der Waals surface area contributed by atoms with Crippen molar-refractivity contribution in [3.05, 3.63) is 6.07 Å². The number of ether oxygens (including phenoxy) is 2. The van der Waals surface area contributed by atoms with Crippen LogP contribution in [-0.4, -0.2) is 38.2 Å². The fraction of sp³-hybridized carbons (Fsp3) is 0.615. The summed E-state index contributed by atoms with van der Waals surface area (Å²) in [6, 6.07) is 1.86. The monoisotopic (exact) mass is 261 g/mol. The first-order chi connectivity index (χ1) is 8.91. The Bertz CT molecular complexity index is 455. The first-order valence-corrected chi connectivity index (χ1v) is 6.42. The summed E-state index contributed by atoms with van der Waals surface area (Å²) in [5, 5.41) is 3.29. The molecule has 1 aromatic rings. The van der Waals surface area contributed by atoms with Crippen LogP contribution >= 0.6 is 0 Å². The van der Waals surface area contributed by atoms with E-state index in [4.69, 9.17) is 23.1 Å². The Hall–Kier alpha value is -1.43. The standard InChI is InChI=1S/C13H20BN3O2/c1-13(2)5-4-8(7-19-13)16-11-10(15)6-9(14)12(17-11)18-3/h6,8H,4-5,7,15H2,1-3H3,(H,16,17). The summed E-state index contributed by atoms with van der Waals surface area (Å²) in [5.41, 5.74) is 6.82. The Labute approximate surface area is 115 Å². The molecule has 6 heteroatoms. The van der Waals surface area contributed by atoms with E-state index in [0.717, 1.165) is 12.8 Å². The maximum Gasteiger partial charge on any atom is 0.207 e. The van der Waals surface area contributed by atoms with Crippen LogP contribution in [0.1, 0.15) is 26.7 Å². The lowest BCUT2D eigenvalue weighted by atomic mass is 9.95. The number of hydrogen-bond acceptors (Lipinski definition) is 5. The number of hydrogen-bond donors (Lipinski definition) is 2. The molecule has 0 bridgehead atoms. The van der Waals surface area contributed by atoms with Gasteiger partial charge in [0.05, 0.1) is 31.0 Å². The van der Waals surface area contributed by atoms with Gasteiger partial charge in [-0.25, -0.2) is 0 Å². The smallest absolute Gasteiger partial charge is 0.207 e. The Morgan fingerprint density at radius 3 is 2.89 bits per heavy atom. The first kappa shape index (κ1) is 14.0. The zero-order valence-corrected chi connectivity index (χ0v) is 11.7. The molecule has 0 amide bonds. The molecule has 2 rings (SSSR count). The molecule has 2 radical (unpaired) electrons. The SMILES string of the molecule is [B]c1cc(N)c(NC2CCC(C)(C)OC2)nc1OC. The van der Waals surface area contributed by atoms with Crippen molar-refractivity contribution in [2.45, 2.75) is 38.3 Å². The molecule has 1 atom stereocenters. The summed E-state index contributed by atoms with van der Waals surface area (Å²) >= 11 is 0. The molecule has 1 fully saturated rings. The molecule has 2 heterocycles. The topological polar surface area (TPSA) is 69.4 Å². The zero-order chi connectivity index (χ0) is 14.0. The molecule has 0 aliphatic carbocycles. The van der Waals surface area contributed by atoms with Crippen molar-refractivity contribution in [1.82, 2.24) is 4.98 Å². The fourth-order valence-corrected chi connectivity index (χ4v) is 2.12. The largest absolute Gasteiger partial charge is 0.481 e. The molecule has 19 heavy (non-hydrogen) atoms. The summed E-state index contributed by atoms with van der Waals surface area (Å²) in [4.78, 5) is 4.28. The molecular weight excluding hydrogens is 241 g/mol. The van der Waals surface area contributed by atoms with Crippen LogP contribution in [0.5, 0.6) is 5.88 Å². The lowest BCUT2D eigenvalue weighted by Crippen LogP contribution is -2.40. The normalized spacial score (nSPS) is 21.9. The number of nitrogens with one attached hydrogen (secondary N) is 1. The molecule has 1 aliphatic heterocycles. The highest BCUT2D eigenvalue weighted by Crippen LogP contribution is 2.27. The van der Waals surface area contributed by atoms with E-state index in [0.29, 0.717) is 29.5 Å². The second kappa shape index (κ2) is 5.29. The Morgan fingerprint density at radius 1 is 1.58 bits per heavy atom. The van der Waals surface area contributed by atoms with E-state index in [9.17, 15) is 0 Å². The van der Waals surface area contributed by atoms with Gasteiger partial charge in [0, 0.05) is 0 Å². The van der Waals surface area contributed by atoms with E-state index in [1.165, 1.54) is 7.11 Å². The van der Waals surface area contributed by atoms with Crippen LogP contribution in [0.2, 0.25) is 0 Å². The Balaban J connectivity index is 2.07. The van der Waals surface area contributed by atoms with Gasteiger partial charge in [0.2, 0.25) is 5.88 Å². The molecule has 0 aromatic carbocycles. The lowest BCUT2D eigenvalue weighted by Gasteiger charge is -2.35. The number of anilines is 2. The summed E-state index contributed by atoms with van der Waals surface area (Å²) < 4.78 is 10.9. The minimum Gasteiger partial charge on any atom is -0.481 e. The minimum atomic E-state index is -0.0457. The number of pyridine rings is 1. The van der Waals surface area contributed by atoms with Crippen molar-refractivity contribution < 1.29 is 9.47 Å². The predicted molar refractivity (Wildman–Crippen MR) is 77.3 cm³/mol. The maximum atomic E-state index is 5.91. The van der Waals surface area contributed by atoms with E-state index < -0.39 is 0 Å². The van der Waals surface area contributed by atoms with Crippen molar-refractivity contribution >= 4 is 24.8 Å². The number of methoxy groups -OCH3 is 1. The Morgan fingerprint density at radius 2 is 2.32 bits per heavy atom. The van der Waals surface area contributed by atoms with E-state index in [1.54, 1.807) is 6.07 Å².